The lowest BCUT2D eigenvalue weighted by molar-refractivity contribution is -0.142. The number of hydrogen-bond acceptors (Lipinski definition) is 3. The van der Waals surface area contributed by atoms with Gasteiger partial charge in [0.25, 0.3) is 0 Å². The first kappa shape index (κ1) is 12.4. The van der Waals surface area contributed by atoms with E-state index in [0.717, 1.165) is 24.7 Å². The molecule has 0 amide bonds. The van der Waals surface area contributed by atoms with Crippen LogP contribution in [0.15, 0.2) is 24.3 Å². The molecule has 86 valence electrons. The Labute approximate surface area is 95.4 Å². The smallest absolute Gasteiger partial charge is 0.302 e. The molecular weight excluding hydrogens is 204 g/mol. The van der Waals surface area contributed by atoms with Crippen molar-refractivity contribution in [2.24, 2.45) is 0 Å². The summed E-state index contributed by atoms with van der Waals surface area (Å²) >= 11 is 0. The van der Waals surface area contributed by atoms with Gasteiger partial charge in [0, 0.05) is 13.3 Å². The summed E-state index contributed by atoms with van der Waals surface area (Å²) in [4.78, 5) is 20.8. The monoisotopic (exact) mass is 220 g/mol. The van der Waals surface area contributed by atoms with Gasteiger partial charge in [-0.3, -0.25) is 4.79 Å². The fourth-order valence-electron chi connectivity index (χ4n) is 1.38. The van der Waals surface area contributed by atoms with Gasteiger partial charge in [-0.15, -0.1) is 0 Å². The van der Waals surface area contributed by atoms with E-state index >= 15 is 0 Å². The lowest BCUT2D eigenvalue weighted by atomic mass is 10.1. The number of unbranched alkanes of at least 4 members (excludes halogenated alkanes) is 1. The third kappa shape index (κ3) is 4.73. The van der Waals surface area contributed by atoms with Crippen molar-refractivity contribution in [2.75, 3.05) is 0 Å². The number of esters is 1. The van der Waals surface area contributed by atoms with Crippen molar-refractivity contribution in [1.29, 1.82) is 0 Å². The molecule has 0 unspecified atom stereocenters. The highest BCUT2D eigenvalue weighted by atomic mass is 16.5. The van der Waals surface area contributed by atoms with Crippen LogP contribution in [0.5, 0.6) is 0 Å². The maximum atomic E-state index is 10.6. The molecule has 0 saturated carbocycles. The Morgan fingerprint density at radius 1 is 1.25 bits per heavy atom. The first-order valence-electron chi connectivity index (χ1n) is 5.37. The molecule has 0 radical (unpaired) electrons. The first-order valence-corrected chi connectivity index (χ1v) is 5.37. The summed E-state index contributed by atoms with van der Waals surface area (Å²) in [6.45, 7) is 1.72. The molecular formula is C13H16O3. The highest BCUT2D eigenvalue weighted by Gasteiger charge is 1.97. The molecule has 1 aromatic carbocycles. The Morgan fingerprint density at radius 2 is 1.88 bits per heavy atom. The molecule has 0 aromatic heterocycles. The number of rotatable bonds is 6. The molecule has 16 heavy (non-hydrogen) atoms. The van der Waals surface area contributed by atoms with Crippen LogP contribution < -0.4 is 0 Å². The summed E-state index contributed by atoms with van der Waals surface area (Å²) in [5.74, 6) is -0.268. The summed E-state index contributed by atoms with van der Waals surface area (Å²) in [5.41, 5.74) is 2.18. The summed E-state index contributed by atoms with van der Waals surface area (Å²) in [5, 5.41) is 0. The zero-order chi connectivity index (χ0) is 11.8. The highest BCUT2D eigenvalue weighted by molar-refractivity contribution is 5.65. The Kier molecular flexibility index (Phi) is 5.26. The predicted octanol–water partition coefficient (Wildman–Crippen LogP) is 2.27. The van der Waals surface area contributed by atoms with Crippen molar-refractivity contribution in [3.05, 3.63) is 35.4 Å². The van der Waals surface area contributed by atoms with Crippen LogP contribution in [-0.4, -0.2) is 12.3 Å². The van der Waals surface area contributed by atoms with Crippen LogP contribution in [0.4, 0.5) is 0 Å². The molecule has 0 heterocycles. The van der Waals surface area contributed by atoms with E-state index in [1.54, 1.807) is 0 Å². The van der Waals surface area contributed by atoms with Gasteiger partial charge in [-0.25, -0.2) is 0 Å². The number of hydrogen-bond donors (Lipinski definition) is 0. The quantitative estimate of drug-likeness (QED) is 0.419. The van der Waals surface area contributed by atoms with Gasteiger partial charge in [0.05, 0.1) is 0 Å². The number of ether oxygens (including phenoxy) is 1. The largest absolute Gasteiger partial charge is 0.461 e. The zero-order valence-electron chi connectivity index (χ0n) is 9.44. The van der Waals surface area contributed by atoms with Crippen molar-refractivity contribution in [3.63, 3.8) is 0 Å². The van der Waals surface area contributed by atoms with E-state index in [2.05, 4.69) is 0 Å². The second-order valence-corrected chi connectivity index (χ2v) is 3.66. The fourth-order valence-corrected chi connectivity index (χ4v) is 1.38. The van der Waals surface area contributed by atoms with Gasteiger partial charge < -0.3 is 9.53 Å². The third-order valence-corrected chi connectivity index (χ3v) is 2.25. The van der Waals surface area contributed by atoms with Crippen LogP contribution in [0.3, 0.4) is 0 Å². The Morgan fingerprint density at radius 3 is 2.44 bits per heavy atom. The van der Waals surface area contributed by atoms with Gasteiger partial charge in [-0.1, -0.05) is 24.3 Å². The Bertz CT molecular complexity index is 341. The minimum Gasteiger partial charge on any atom is -0.461 e. The standard InChI is InChI=1S/C13H16O3/c1-11(15)16-10-13-7-5-12(6-8-13)4-2-3-9-14/h5-9H,2-4,10H2,1H3. The van der Waals surface area contributed by atoms with Crippen LogP contribution in [0.25, 0.3) is 0 Å². The number of carbonyl (C=O) groups excluding carboxylic acids is 2. The van der Waals surface area contributed by atoms with Crippen LogP contribution >= 0.6 is 0 Å². The van der Waals surface area contributed by atoms with E-state index < -0.39 is 0 Å². The molecule has 1 rings (SSSR count). The van der Waals surface area contributed by atoms with Crippen molar-refractivity contribution in [2.45, 2.75) is 32.8 Å². The maximum absolute atomic E-state index is 10.6. The topological polar surface area (TPSA) is 43.4 Å². The lowest BCUT2D eigenvalue weighted by Gasteiger charge is -2.03. The normalized spacial score (nSPS) is 9.81. The minimum atomic E-state index is -0.268. The molecule has 3 heteroatoms. The molecule has 0 saturated heterocycles. The summed E-state index contributed by atoms with van der Waals surface area (Å²) in [6.07, 6.45) is 3.34. The lowest BCUT2D eigenvalue weighted by Crippen LogP contribution is -1.98. The number of benzene rings is 1. The molecule has 3 nitrogen and oxygen atoms in total. The van der Waals surface area contributed by atoms with Crippen LogP contribution in [0, 0.1) is 0 Å². The average Bonchev–Trinajstić information content (AvgIpc) is 2.28. The van der Waals surface area contributed by atoms with E-state index in [0.29, 0.717) is 13.0 Å². The Hall–Kier alpha value is -1.64. The van der Waals surface area contributed by atoms with Crippen molar-refractivity contribution in [1.82, 2.24) is 0 Å². The van der Waals surface area contributed by atoms with Gasteiger partial charge in [0.1, 0.15) is 12.9 Å². The maximum Gasteiger partial charge on any atom is 0.302 e. The van der Waals surface area contributed by atoms with Gasteiger partial charge in [0.15, 0.2) is 0 Å². The van der Waals surface area contributed by atoms with E-state index in [-0.39, 0.29) is 5.97 Å². The first-order chi connectivity index (χ1) is 7.72. The molecule has 0 bridgehead atoms. The van der Waals surface area contributed by atoms with Gasteiger partial charge >= 0.3 is 5.97 Å². The second kappa shape index (κ2) is 6.77. The number of aryl methyl sites for hydroxylation is 1. The molecule has 1 aromatic rings. The third-order valence-electron chi connectivity index (χ3n) is 2.25. The number of carbonyl (C=O) groups is 2. The van der Waals surface area contributed by atoms with Crippen molar-refractivity contribution >= 4 is 12.3 Å². The molecule has 0 fully saturated rings. The van der Waals surface area contributed by atoms with Crippen molar-refractivity contribution < 1.29 is 14.3 Å². The van der Waals surface area contributed by atoms with Crippen LogP contribution in [0.2, 0.25) is 0 Å². The highest BCUT2D eigenvalue weighted by Crippen LogP contribution is 2.08. The Balaban J connectivity index is 2.41. The van der Waals surface area contributed by atoms with Crippen LogP contribution in [-0.2, 0) is 27.4 Å². The van der Waals surface area contributed by atoms with E-state index in [1.165, 1.54) is 12.5 Å². The van der Waals surface area contributed by atoms with Gasteiger partial charge in [0.2, 0.25) is 0 Å². The van der Waals surface area contributed by atoms with Gasteiger partial charge in [-0.2, -0.15) is 0 Å². The minimum absolute atomic E-state index is 0.268. The molecule has 0 aliphatic heterocycles. The average molecular weight is 220 g/mol. The molecule has 0 atom stereocenters. The number of aldehydes is 1. The molecule has 0 spiro atoms. The van der Waals surface area contributed by atoms with Crippen molar-refractivity contribution in [3.8, 4) is 0 Å². The molecule has 0 aliphatic carbocycles. The second-order valence-electron chi connectivity index (χ2n) is 3.66. The van der Waals surface area contributed by atoms with Gasteiger partial charge in [-0.05, 0) is 24.0 Å². The predicted molar refractivity (Wildman–Crippen MR) is 60.9 cm³/mol. The summed E-state index contributed by atoms with van der Waals surface area (Å²) in [7, 11) is 0. The summed E-state index contributed by atoms with van der Waals surface area (Å²) < 4.78 is 4.88. The molecule has 0 N–H and O–H groups in total. The zero-order valence-corrected chi connectivity index (χ0v) is 9.44. The fraction of sp³-hybridized carbons (Fsp3) is 0.385. The van der Waals surface area contributed by atoms with E-state index in [9.17, 15) is 9.59 Å². The van der Waals surface area contributed by atoms with Crippen LogP contribution in [0.1, 0.15) is 30.9 Å². The summed E-state index contributed by atoms with van der Waals surface area (Å²) in [6, 6.07) is 7.89. The SMILES string of the molecule is CC(=O)OCc1ccc(CCCC=O)cc1. The molecule has 0 aliphatic rings. The van der Waals surface area contributed by atoms with E-state index in [4.69, 9.17) is 4.74 Å². The van der Waals surface area contributed by atoms with E-state index in [1.807, 2.05) is 24.3 Å².